The number of benzene rings is 2. The standard InChI is InChI=1S/C39H35F26N2/c1-18-13-20(3)26(21(4)14-18)66-17-67(27-22(5)15-19(2)16-23(27)6)25(10-8-12-29(42,43)31(46,47)33(50,51)35(54,55)37(58,59)39(63,64)65)24(66)9-7-11-28(40,41)30(44,45)32(48,49)34(52,53)36(56,57)38(60,61)62/h13-17H,7-12H2,1-6H3/q+1. The summed E-state index contributed by atoms with van der Waals surface area (Å²) in [6.07, 6.45) is -25.9. The second-order valence-corrected chi connectivity index (χ2v) is 16.0. The first kappa shape index (κ1) is 57.1. The van der Waals surface area contributed by atoms with E-state index in [9.17, 15) is 96.6 Å². The van der Waals surface area contributed by atoms with Crippen molar-refractivity contribution in [3.05, 3.63) is 75.4 Å². The largest absolute Gasteiger partial charge is 0.460 e. The van der Waals surface area contributed by atoms with Crippen LogP contribution in [-0.2, 0) is 12.8 Å². The highest BCUT2D eigenvalue weighted by atomic mass is 19.4. The Bertz CT molecular complexity index is 2080. The molecule has 3 rings (SSSR count). The topological polar surface area (TPSA) is 8.81 Å². The Morgan fingerprint density at radius 1 is 0.388 bits per heavy atom. The van der Waals surface area contributed by atoms with Gasteiger partial charge in [0.2, 0.25) is 0 Å². The van der Waals surface area contributed by atoms with Crippen LogP contribution in [0.15, 0.2) is 30.6 Å². The molecule has 0 aliphatic rings. The minimum absolute atomic E-state index is 0.00926. The van der Waals surface area contributed by atoms with E-state index >= 15 is 17.6 Å². The summed E-state index contributed by atoms with van der Waals surface area (Å²) in [7, 11) is 0. The van der Waals surface area contributed by atoms with Crippen LogP contribution >= 0.6 is 0 Å². The van der Waals surface area contributed by atoms with Gasteiger partial charge in [-0.05, 0) is 76.6 Å². The van der Waals surface area contributed by atoms with Crippen molar-refractivity contribution in [1.29, 1.82) is 0 Å². The Kier molecular flexibility index (Phi) is 14.8. The van der Waals surface area contributed by atoms with Crippen molar-refractivity contribution in [3.63, 3.8) is 0 Å². The number of imidazole rings is 1. The van der Waals surface area contributed by atoms with Crippen molar-refractivity contribution in [2.75, 3.05) is 0 Å². The number of rotatable bonds is 18. The first-order chi connectivity index (χ1) is 29.6. The fraction of sp³-hybridized carbons (Fsp3) is 0.615. The van der Waals surface area contributed by atoms with Gasteiger partial charge < -0.3 is 0 Å². The average molecular weight is 1030 g/mol. The molecule has 0 bridgehead atoms. The van der Waals surface area contributed by atoms with Crippen LogP contribution in [0, 0.1) is 41.5 Å². The number of aryl methyl sites for hydroxylation is 6. The van der Waals surface area contributed by atoms with Gasteiger partial charge >= 0.3 is 71.6 Å². The lowest BCUT2D eigenvalue weighted by Crippen LogP contribution is -2.70. The van der Waals surface area contributed by atoms with Crippen molar-refractivity contribution >= 4 is 0 Å². The Morgan fingerprint density at radius 2 is 0.687 bits per heavy atom. The van der Waals surface area contributed by atoms with Gasteiger partial charge in [-0.1, -0.05) is 35.4 Å². The van der Waals surface area contributed by atoms with Gasteiger partial charge in [0.25, 0.3) is 6.33 Å². The average Bonchev–Trinajstić information content (AvgIpc) is 3.45. The van der Waals surface area contributed by atoms with E-state index in [1.807, 2.05) is 0 Å². The molecular formula is C39H35F26N2+. The maximum atomic E-state index is 15.0. The fourth-order valence-corrected chi connectivity index (χ4v) is 7.43. The van der Waals surface area contributed by atoms with E-state index in [0.717, 1.165) is 15.5 Å². The molecule has 2 nitrogen and oxygen atoms in total. The van der Waals surface area contributed by atoms with Gasteiger partial charge in [0.05, 0.1) is 0 Å². The predicted molar refractivity (Wildman–Crippen MR) is 183 cm³/mol. The molecule has 0 unspecified atom stereocenters. The predicted octanol–water partition coefficient (Wildman–Crippen LogP) is 14.7. The number of hydrogen-bond acceptors (Lipinski definition) is 0. The molecule has 1 aromatic heterocycles. The summed E-state index contributed by atoms with van der Waals surface area (Å²) in [4.78, 5) is 0. The van der Waals surface area contributed by atoms with E-state index < -0.39 is 121 Å². The molecule has 28 heteroatoms. The monoisotopic (exact) mass is 1030 g/mol. The van der Waals surface area contributed by atoms with Crippen molar-refractivity contribution in [2.24, 2.45) is 0 Å². The minimum Gasteiger partial charge on any atom is -0.200 e. The van der Waals surface area contributed by atoms with Gasteiger partial charge in [-0.2, -0.15) is 123 Å². The van der Waals surface area contributed by atoms with Gasteiger partial charge in [0, 0.05) is 25.7 Å². The Balaban J connectivity index is 2.28. The van der Waals surface area contributed by atoms with Gasteiger partial charge in [-0.3, -0.25) is 0 Å². The lowest BCUT2D eigenvalue weighted by molar-refractivity contribution is -0.604. The van der Waals surface area contributed by atoms with E-state index in [0.29, 0.717) is 11.1 Å². The number of hydrogen-bond donors (Lipinski definition) is 0. The molecular weight excluding hydrogens is 990 g/mol. The summed E-state index contributed by atoms with van der Waals surface area (Å²) < 4.78 is 363. The molecule has 3 aromatic rings. The molecule has 382 valence electrons. The van der Waals surface area contributed by atoms with Gasteiger partial charge in [0.15, 0.2) is 11.4 Å². The molecule has 0 aliphatic heterocycles. The van der Waals surface area contributed by atoms with Crippen LogP contribution in [0.2, 0.25) is 0 Å². The molecule has 0 amide bonds. The summed E-state index contributed by atoms with van der Waals surface area (Å²) in [6, 6.07) is 5.75. The van der Waals surface area contributed by atoms with Crippen molar-refractivity contribution < 1.29 is 119 Å². The van der Waals surface area contributed by atoms with Crippen molar-refractivity contribution in [1.82, 2.24) is 4.57 Å². The van der Waals surface area contributed by atoms with E-state index in [-0.39, 0.29) is 33.6 Å². The summed E-state index contributed by atoms with van der Waals surface area (Å²) in [5.41, 5.74) is 0.656. The number of nitrogens with zero attached hydrogens (tertiary/aromatic N) is 2. The molecule has 0 atom stereocenters. The normalized spacial score (nSPS) is 14.9. The number of halogens is 26. The third-order valence-corrected chi connectivity index (χ3v) is 10.7. The Morgan fingerprint density at radius 3 is 1.01 bits per heavy atom. The number of aromatic nitrogens is 2. The van der Waals surface area contributed by atoms with Gasteiger partial charge in [0.1, 0.15) is 11.4 Å². The van der Waals surface area contributed by atoms with Crippen molar-refractivity contribution in [3.8, 4) is 11.4 Å². The maximum Gasteiger partial charge on any atom is 0.460 e. The molecule has 0 spiro atoms. The molecule has 67 heavy (non-hydrogen) atoms. The first-order valence-corrected chi connectivity index (χ1v) is 18.8. The van der Waals surface area contributed by atoms with Crippen LogP contribution in [0.25, 0.3) is 11.4 Å². The van der Waals surface area contributed by atoms with Crippen LogP contribution in [0.4, 0.5) is 114 Å². The maximum absolute atomic E-state index is 15.0. The van der Waals surface area contributed by atoms with Gasteiger partial charge in [-0.25, -0.2) is 0 Å². The highest BCUT2D eigenvalue weighted by molar-refractivity contribution is 5.51. The third kappa shape index (κ3) is 9.11. The van der Waals surface area contributed by atoms with Crippen LogP contribution in [0.5, 0.6) is 0 Å². The zero-order valence-electron chi connectivity index (χ0n) is 34.9. The van der Waals surface area contributed by atoms with Crippen molar-refractivity contribution in [2.45, 2.75) is 152 Å². The van der Waals surface area contributed by atoms with Crippen LogP contribution in [0.3, 0.4) is 0 Å². The smallest absolute Gasteiger partial charge is 0.200 e. The summed E-state index contributed by atoms with van der Waals surface area (Å²) in [6.45, 7) is 8.58. The van der Waals surface area contributed by atoms with Crippen LogP contribution in [0.1, 0.15) is 70.5 Å². The molecule has 0 saturated heterocycles. The molecule has 1 heterocycles. The highest BCUT2D eigenvalue weighted by Crippen LogP contribution is 2.62. The van der Waals surface area contributed by atoms with E-state index in [2.05, 4.69) is 0 Å². The zero-order valence-corrected chi connectivity index (χ0v) is 34.9. The number of alkyl halides is 26. The van der Waals surface area contributed by atoms with Gasteiger partial charge in [-0.15, -0.1) is 0 Å². The third-order valence-electron chi connectivity index (χ3n) is 10.7. The molecule has 0 radical (unpaired) electrons. The molecule has 0 saturated carbocycles. The second kappa shape index (κ2) is 17.4. The lowest BCUT2D eigenvalue weighted by atomic mass is 9.91. The SMILES string of the molecule is Cc1cc(C)c(-n2c[n+](-c3c(C)cc(C)cc3C)c(CCCC(F)(F)C(F)(F)C(F)(F)C(F)(F)C(F)(F)C(F)(F)F)c2CCCC(F)(F)C(F)(F)C(F)(F)C(F)(F)C(F)(F)C(F)(F)F)c(C)c1. The minimum atomic E-state index is -8.24. The molecule has 2 aromatic carbocycles. The summed E-state index contributed by atoms with van der Waals surface area (Å²) in [5, 5.41) is 0. The summed E-state index contributed by atoms with van der Waals surface area (Å²) in [5.74, 6) is -77.5. The zero-order chi connectivity index (χ0) is 52.7. The van der Waals surface area contributed by atoms with E-state index in [1.54, 1.807) is 0 Å². The molecule has 0 fully saturated rings. The highest BCUT2D eigenvalue weighted by Gasteiger charge is 2.92. The summed E-state index contributed by atoms with van der Waals surface area (Å²) >= 11 is 0. The molecule has 0 aliphatic carbocycles. The fourth-order valence-electron chi connectivity index (χ4n) is 7.43. The quantitative estimate of drug-likeness (QED) is 0.0887. The first-order valence-electron chi connectivity index (χ1n) is 18.8. The molecule has 0 N–H and O–H groups in total. The Hall–Kier alpha value is -4.17. The van der Waals surface area contributed by atoms with E-state index in [1.165, 1.54) is 65.8 Å². The second-order valence-electron chi connectivity index (χ2n) is 16.0. The Labute approximate surface area is 361 Å². The van der Waals surface area contributed by atoms with Crippen LogP contribution in [-0.4, -0.2) is 76.1 Å². The van der Waals surface area contributed by atoms with E-state index in [4.69, 9.17) is 0 Å². The lowest BCUT2D eigenvalue weighted by Gasteiger charge is -2.39. The van der Waals surface area contributed by atoms with Crippen LogP contribution < -0.4 is 4.57 Å².